The lowest BCUT2D eigenvalue weighted by molar-refractivity contribution is -0.0320. The minimum Gasteiger partial charge on any atom is -0.381 e. The summed E-state index contributed by atoms with van der Waals surface area (Å²) in [4.78, 5) is 4.80. The van der Waals surface area contributed by atoms with Gasteiger partial charge in [-0.15, -0.1) is 0 Å². The summed E-state index contributed by atoms with van der Waals surface area (Å²) in [6, 6.07) is 0. The topological polar surface area (TPSA) is 54.9 Å². The van der Waals surface area contributed by atoms with E-state index < -0.39 is 0 Å². The van der Waals surface area contributed by atoms with Gasteiger partial charge >= 0.3 is 0 Å². The van der Waals surface area contributed by atoms with E-state index in [4.69, 9.17) is 14.5 Å². The Hall–Kier alpha value is -0.810. The SMILES string of the molecule is CCNC(=NCC1(CC)CCC1)NCCCOC1CCOCC1. The lowest BCUT2D eigenvalue weighted by Gasteiger charge is -2.40. The van der Waals surface area contributed by atoms with Gasteiger partial charge in [0, 0.05) is 39.5 Å². The first kappa shape index (κ1) is 18.5. The van der Waals surface area contributed by atoms with E-state index in [1.807, 2.05) is 0 Å². The minimum absolute atomic E-state index is 0.397. The molecule has 0 radical (unpaired) electrons. The van der Waals surface area contributed by atoms with E-state index in [1.54, 1.807) is 0 Å². The molecule has 1 heterocycles. The van der Waals surface area contributed by atoms with Gasteiger partial charge in [0.15, 0.2) is 5.96 Å². The smallest absolute Gasteiger partial charge is 0.191 e. The van der Waals surface area contributed by atoms with E-state index in [1.165, 1.54) is 25.7 Å². The zero-order valence-corrected chi connectivity index (χ0v) is 15.0. The van der Waals surface area contributed by atoms with Crippen molar-refractivity contribution in [3.63, 3.8) is 0 Å². The van der Waals surface area contributed by atoms with Crippen molar-refractivity contribution in [2.45, 2.75) is 64.9 Å². The van der Waals surface area contributed by atoms with Crippen molar-refractivity contribution in [3.05, 3.63) is 0 Å². The molecular weight excluding hydrogens is 290 g/mol. The highest BCUT2D eigenvalue weighted by atomic mass is 16.5. The normalized spacial score (nSPS) is 21.7. The van der Waals surface area contributed by atoms with Crippen LogP contribution in [0.15, 0.2) is 4.99 Å². The first-order valence-electron chi connectivity index (χ1n) is 9.49. The second kappa shape index (κ2) is 10.1. The number of aliphatic imine (C=N–C) groups is 1. The summed E-state index contributed by atoms with van der Waals surface area (Å²) in [6.07, 6.45) is 8.78. The number of nitrogens with zero attached hydrogens (tertiary/aromatic N) is 1. The maximum Gasteiger partial charge on any atom is 0.191 e. The summed E-state index contributed by atoms with van der Waals surface area (Å²) >= 11 is 0. The van der Waals surface area contributed by atoms with Crippen LogP contribution in [0.1, 0.15) is 58.8 Å². The fourth-order valence-electron chi connectivity index (χ4n) is 3.26. The van der Waals surface area contributed by atoms with Crippen molar-refractivity contribution >= 4 is 5.96 Å². The summed E-state index contributed by atoms with van der Waals surface area (Å²) in [5.41, 5.74) is 0.481. The second-order valence-corrected chi connectivity index (χ2v) is 6.87. The Morgan fingerprint density at radius 3 is 2.61 bits per heavy atom. The zero-order valence-electron chi connectivity index (χ0n) is 15.0. The molecule has 5 nitrogen and oxygen atoms in total. The predicted molar refractivity (Wildman–Crippen MR) is 95.0 cm³/mol. The molecule has 1 saturated carbocycles. The Labute approximate surface area is 141 Å². The minimum atomic E-state index is 0.397. The molecule has 0 amide bonds. The first-order chi connectivity index (χ1) is 11.3. The summed E-state index contributed by atoms with van der Waals surface area (Å²) in [7, 11) is 0. The van der Waals surface area contributed by atoms with E-state index in [0.717, 1.165) is 64.7 Å². The Morgan fingerprint density at radius 2 is 2.00 bits per heavy atom. The van der Waals surface area contributed by atoms with E-state index in [0.29, 0.717) is 11.5 Å². The van der Waals surface area contributed by atoms with Crippen molar-refractivity contribution < 1.29 is 9.47 Å². The van der Waals surface area contributed by atoms with Gasteiger partial charge in [0.25, 0.3) is 0 Å². The van der Waals surface area contributed by atoms with Crippen LogP contribution in [0, 0.1) is 5.41 Å². The monoisotopic (exact) mass is 325 g/mol. The summed E-state index contributed by atoms with van der Waals surface area (Å²) in [5.74, 6) is 0.957. The Morgan fingerprint density at radius 1 is 1.22 bits per heavy atom. The molecule has 2 aliphatic rings. The fourth-order valence-corrected chi connectivity index (χ4v) is 3.26. The molecule has 2 rings (SSSR count). The lowest BCUT2D eigenvalue weighted by Crippen LogP contribution is -2.40. The van der Waals surface area contributed by atoms with Gasteiger partial charge in [0.2, 0.25) is 0 Å². The molecule has 23 heavy (non-hydrogen) atoms. The maximum absolute atomic E-state index is 5.90. The molecule has 0 aromatic carbocycles. The molecule has 0 spiro atoms. The molecule has 0 atom stereocenters. The molecule has 1 aliphatic heterocycles. The van der Waals surface area contributed by atoms with Crippen LogP contribution in [0.3, 0.4) is 0 Å². The first-order valence-corrected chi connectivity index (χ1v) is 9.49. The van der Waals surface area contributed by atoms with Crippen LogP contribution in [0.25, 0.3) is 0 Å². The quantitative estimate of drug-likeness (QED) is 0.389. The summed E-state index contributed by atoms with van der Waals surface area (Å²) in [5, 5.41) is 6.79. The van der Waals surface area contributed by atoms with Gasteiger partial charge in [-0.2, -0.15) is 0 Å². The number of hydrogen-bond acceptors (Lipinski definition) is 3. The average molecular weight is 325 g/mol. The standard InChI is InChI=1S/C18H35N3O2/c1-3-18(9-5-10-18)15-21-17(19-4-2)20-11-6-12-23-16-7-13-22-14-8-16/h16H,3-15H2,1-2H3,(H2,19,20,21). The largest absolute Gasteiger partial charge is 0.381 e. The van der Waals surface area contributed by atoms with Gasteiger partial charge in [-0.25, -0.2) is 0 Å². The molecule has 2 N–H and O–H groups in total. The van der Waals surface area contributed by atoms with E-state index in [-0.39, 0.29) is 0 Å². The van der Waals surface area contributed by atoms with Crippen LogP contribution in [0.5, 0.6) is 0 Å². The van der Waals surface area contributed by atoms with E-state index >= 15 is 0 Å². The molecule has 2 fully saturated rings. The summed E-state index contributed by atoms with van der Waals surface area (Å²) < 4.78 is 11.2. The van der Waals surface area contributed by atoms with E-state index in [2.05, 4.69) is 24.5 Å². The highest BCUT2D eigenvalue weighted by Crippen LogP contribution is 2.43. The van der Waals surface area contributed by atoms with Crippen molar-refractivity contribution in [1.82, 2.24) is 10.6 Å². The third-order valence-electron chi connectivity index (χ3n) is 5.22. The maximum atomic E-state index is 5.90. The molecule has 0 aromatic heterocycles. The third-order valence-corrected chi connectivity index (χ3v) is 5.22. The molecule has 0 aromatic rings. The van der Waals surface area contributed by atoms with Gasteiger partial charge in [0.05, 0.1) is 6.10 Å². The molecular formula is C18H35N3O2. The van der Waals surface area contributed by atoms with Gasteiger partial charge in [0.1, 0.15) is 0 Å². The molecule has 134 valence electrons. The van der Waals surface area contributed by atoms with Crippen LogP contribution in [-0.2, 0) is 9.47 Å². The molecule has 5 heteroatoms. The van der Waals surface area contributed by atoms with Crippen LogP contribution in [0.2, 0.25) is 0 Å². The molecule has 0 unspecified atom stereocenters. The van der Waals surface area contributed by atoms with Gasteiger partial charge < -0.3 is 20.1 Å². The third kappa shape index (κ3) is 6.30. The predicted octanol–water partition coefficient (Wildman–Crippen LogP) is 2.71. The highest BCUT2D eigenvalue weighted by molar-refractivity contribution is 5.79. The van der Waals surface area contributed by atoms with E-state index in [9.17, 15) is 0 Å². The van der Waals surface area contributed by atoms with Gasteiger partial charge in [-0.05, 0) is 50.9 Å². The lowest BCUT2D eigenvalue weighted by atomic mass is 9.67. The number of guanidine groups is 1. The number of hydrogen-bond donors (Lipinski definition) is 2. The van der Waals surface area contributed by atoms with Gasteiger partial charge in [-0.1, -0.05) is 13.3 Å². The zero-order chi connectivity index (χ0) is 16.4. The van der Waals surface area contributed by atoms with Gasteiger partial charge in [-0.3, -0.25) is 4.99 Å². The Bertz CT molecular complexity index is 345. The van der Waals surface area contributed by atoms with Crippen molar-refractivity contribution in [2.24, 2.45) is 10.4 Å². The van der Waals surface area contributed by atoms with Crippen LogP contribution < -0.4 is 10.6 Å². The fraction of sp³-hybridized carbons (Fsp3) is 0.944. The molecule has 0 bridgehead atoms. The number of nitrogens with one attached hydrogen (secondary N) is 2. The number of ether oxygens (including phenoxy) is 2. The number of rotatable bonds is 9. The molecule has 1 aliphatic carbocycles. The van der Waals surface area contributed by atoms with Crippen molar-refractivity contribution in [2.75, 3.05) is 39.5 Å². The average Bonchev–Trinajstić information content (AvgIpc) is 2.54. The Kier molecular flexibility index (Phi) is 8.17. The van der Waals surface area contributed by atoms with Crippen LogP contribution in [-0.4, -0.2) is 51.5 Å². The van der Waals surface area contributed by atoms with Crippen LogP contribution >= 0.6 is 0 Å². The van der Waals surface area contributed by atoms with Crippen molar-refractivity contribution in [3.8, 4) is 0 Å². The molecule has 1 saturated heterocycles. The Balaban J connectivity index is 1.61. The highest BCUT2D eigenvalue weighted by Gasteiger charge is 2.34. The van der Waals surface area contributed by atoms with Crippen LogP contribution in [0.4, 0.5) is 0 Å². The van der Waals surface area contributed by atoms with Crippen molar-refractivity contribution in [1.29, 1.82) is 0 Å². The second-order valence-electron chi connectivity index (χ2n) is 6.87. The summed E-state index contributed by atoms with van der Waals surface area (Å²) in [6.45, 7) is 9.69.